The summed E-state index contributed by atoms with van der Waals surface area (Å²) in [7, 11) is -4.39. The van der Waals surface area contributed by atoms with Crippen molar-refractivity contribution in [3.8, 4) is 5.75 Å². The second kappa shape index (κ2) is 9.77. The summed E-state index contributed by atoms with van der Waals surface area (Å²) < 4.78 is 79.8. The Hall–Kier alpha value is -3.16. The first-order valence-corrected chi connectivity index (χ1v) is 10.9. The number of hydrogen-bond donors (Lipinski definition) is 3. The number of nitrogens with zero attached hydrogens (tertiary/aromatic N) is 2. The minimum atomic E-state index is -4.68. The number of rotatable bonds is 8. The quantitative estimate of drug-likeness (QED) is 0.380. The van der Waals surface area contributed by atoms with Gasteiger partial charge in [-0.15, -0.1) is 0 Å². The van der Waals surface area contributed by atoms with Crippen molar-refractivity contribution in [1.29, 1.82) is 0 Å². The summed E-state index contributed by atoms with van der Waals surface area (Å²) in [5.41, 5.74) is -0.0355. The number of alkyl halides is 4. The number of sulfonamides is 1. The van der Waals surface area contributed by atoms with E-state index in [4.69, 9.17) is 21.5 Å². The molecule has 3 aromatic rings. The van der Waals surface area contributed by atoms with Crippen LogP contribution < -0.4 is 20.5 Å². The van der Waals surface area contributed by atoms with Gasteiger partial charge < -0.3 is 15.4 Å². The molecular formula is C19H16ClF4N5O3S. The van der Waals surface area contributed by atoms with E-state index in [-0.39, 0.29) is 11.5 Å². The summed E-state index contributed by atoms with van der Waals surface area (Å²) in [4.78, 5) is 7.38. The molecule has 0 spiro atoms. The van der Waals surface area contributed by atoms with Crippen molar-refractivity contribution in [2.45, 2.75) is 17.7 Å². The fraction of sp³-hybridized carbons (Fsp3) is 0.158. The number of nitrogens with one attached hydrogen (secondary N) is 2. The van der Waals surface area contributed by atoms with Gasteiger partial charge in [-0.25, -0.2) is 27.9 Å². The topological polar surface area (TPSA) is 119 Å². The highest BCUT2D eigenvalue weighted by Gasteiger charge is 2.29. The third-order valence-corrected chi connectivity index (χ3v) is 5.30. The Balaban J connectivity index is 1.96. The SMILES string of the molecule is NS(=O)(=O)c1cc(Nc2cc(Nc3ccc(Cl)cc3)ncn2)c(OCC(F)(F)F)cc1CF. The summed E-state index contributed by atoms with van der Waals surface area (Å²) in [5, 5.41) is 11.3. The number of anilines is 4. The molecule has 14 heteroatoms. The number of benzene rings is 2. The van der Waals surface area contributed by atoms with Gasteiger partial charge in [-0.3, -0.25) is 0 Å². The second-order valence-electron chi connectivity index (χ2n) is 6.58. The smallest absolute Gasteiger partial charge is 0.422 e. The lowest BCUT2D eigenvalue weighted by molar-refractivity contribution is -0.153. The van der Waals surface area contributed by atoms with Crippen LogP contribution in [0.3, 0.4) is 0 Å². The third-order valence-electron chi connectivity index (χ3n) is 4.05. The van der Waals surface area contributed by atoms with Gasteiger partial charge in [0, 0.05) is 22.3 Å². The van der Waals surface area contributed by atoms with Gasteiger partial charge in [0.15, 0.2) is 6.61 Å². The molecule has 0 atom stereocenters. The highest BCUT2D eigenvalue weighted by Crippen LogP contribution is 2.34. The molecule has 1 aromatic heterocycles. The van der Waals surface area contributed by atoms with Crippen molar-refractivity contribution < 1.29 is 30.7 Å². The monoisotopic (exact) mass is 505 g/mol. The molecule has 0 bridgehead atoms. The fourth-order valence-electron chi connectivity index (χ4n) is 2.66. The first-order valence-electron chi connectivity index (χ1n) is 9.01. The van der Waals surface area contributed by atoms with Gasteiger partial charge in [0.2, 0.25) is 10.0 Å². The maximum atomic E-state index is 13.4. The van der Waals surface area contributed by atoms with Crippen LogP contribution in [0.4, 0.5) is 40.6 Å². The van der Waals surface area contributed by atoms with E-state index < -0.39 is 45.7 Å². The van der Waals surface area contributed by atoms with Crippen molar-refractivity contribution in [3.63, 3.8) is 0 Å². The fourth-order valence-corrected chi connectivity index (χ4v) is 3.55. The van der Waals surface area contributed by atoms with Crippen LogP contribution in [0.2, 0.25) is 5.02 Å². The maximum absolute atomic E-state index is 13.4. The molecule has 176 valence electrons. The van der Waals surface area contributed by atoms with Crippen LogP contribution in [0.25, 0.3) is 0 Å². The average molecular weight is 506 g/mol. The van der Waals surface area contributed by atoms with Crippen molar-refractivity contribution in [2.24, 2.45) is 5.14 Å². The largest absolute Gasteiger partial charge is 0.482 e. The zero-order valence-corrected chi connectivity index (χ0v) is 18.1. The van der Waals surface area contributed by atoms with Crippen LogP contribution >= 0.6 is 11.6 Å². The summed E-state index contributed by atoms with van der Waals surface area (Å²) in [6.07, 6.45) is -3.52. The van der Waals surface area contributed by atoms with Gasteiger partial charge >= 0.3 is 6.18 Å². The van der Waals surface area contributed by atoms with E-state index in [0.717, 1.165) is 18.5 Å². The summed E-state index contributed by atoms with van der Waals surface area (Å²) in [6, 6.07) is 9.79. The lowest BCUT2D eigenvalue weighted by atomic mass is 10.2. The molecule has 0 saturated carbocycles. The Morgan fingerprint density at radius 2 is 1.67 bits per heavy atom. The van der Waals surface area contributed by atoms with Crippen LogP contribution in [0.15, 0.2) is 53.7 Å². The van der Waals surface area contributed by atoms with Crippen LogP contribution in [-0.4, -0.2) is 31.2 Å². The van der Waals surface area contributed by atoms with E-state index in [1.165, 1.54) is 6.07 Å². The van der Waals surface area contributed by atoms with E-state index in [2.05, 4.69) is 20.6 Å². The Morgan fingerprint density at radius 1 is 1.03 bits per heavy atom. The lowest BCUT2D eigenvalue weighted by Crippen LogP contribution is -2.20. The van der Waals surface area contributed by atoms with E-state index in [1.807, 2.05) is 0 Å². The van der Waals surface area contributed by atoms with Crippen molar-refractivity contribution >= 4 is 44.6 Å². The first-order chi connectivity index (χ1) is 15.4. The van der Waals surface area contributed by atoms with E-state index in [0.29, 0.717) is 16.5 Å². The standard InChI is InChI=1S/C19H16ClF4N5O3S/c20-12-1-3-13(4-2-12)28-17-7-18(27-10-26-17)29-14-6-16(33(25,30)31)11(8-21)5-15(14)32-9-19(22,23)24/h1-7,10H,8-9H2,(H2,25,30,31)(H2,26,27,28,29). The third kappa shape index (κ3) is 6.91. The molecule has 2 aromatic carbocycles. The lowest BCUT2D eigenvalue weighted by Gasteiger charge is -2.17. The van der Waals surface area contributed by atoms with E-state index in [1.54, 1.807) is 24.3 Å². The number of primary sulfonamides is 1. The predicted octanol–water partition coefficient (Wildman–Crippen LogP) is 4.68. The molecule has 0 unspecified atom stereocenters. The molecule has 8 nitrogen and oxygen atoms in total. The maximum Gasteiger partial charge on any atom is 0.422 e. The summed E-state index contributed by atoms with van der Waals surface area (Å²) in [5.74, 6) is -0.0653. The first kappa shape index (κ1) is 24.5. The molecule has 0 aliphatic carbocycles. The summed E-state index contributed by atoms with van der Waals surface area (Å²) in [6.45, 7) is -2.98. The minimum Gasteiger partial charge on any atom is -0.482 e. The molecule has 0 fully saturated rings. The highest BCUT2D eigenvalue weighted by atomic mass is 35.5. The van der Waals surface area contributed by atoms with Gasteiger partial charge in [0.1, 0.15) is 30.4 Å². The molecule has 3 rings (SSSR count). The average Bonchev–Trinajstić information content (AvgIpc) is 2.73. The molecule has 0 saturated heterocycles. The molecule has 33 heavy (non-hydrogen) atoms. The molecule has 0 amide bonds. The van der Waals surface area contributed by atoms with Crippen LogP contribution in [-0.2, 0) is 16.7 Å². The Kier molecular flexibility index (Phi) is 7.25. The molecule has 0 aliphatic rings. The number of ether oxygens (including phenoxy) is 1. The van der Waals surface area contributed by atoms with Gasteiger partial charge in [-0.2, -0.15) is 13.2 Å². The normalized spacial score (nSPS) is 11.8. The Bertz CT molecular complexity index is 1240. The Labute approximate surface area is 190 Å². The Morgan fingerprint density at radius 3 is 2.24 bits per heavy atom. The van der Waals surface area contributed by atoms with Crippen molar-refractivity contribution in [3.05, 3.63) is 59.4 Å². The van der Waals surface area contributed by atoms with E-state index in [9.17, 15) is 26.0 Å². The molecular weight excluding hydrogens is 490 g/mol. The zero-order chi connectivity index (χ0) is 24.2. The van der Waals surface area contributed by atoms with Crippen LogP contribution in [0.5, 0.6) is 5.75 Å². The molecule has 1 heterocycles. The number of nitrogens with two attached hydrogens (primary N) is 1. The summed E-state index contributed by atoms with van der Waals surface area (Å²) >= 11 is 5.84. The zero-order valence-electron chi connectivity index (χ0n) is 16.5. The van der Waals surface area contributed by atoms with Gasteiger partial charge in [0.05, 0.1) is 10.6 Å². The molecule has 4 N–H and O–H groups in total. The van der Waals surface area contributed by atoms with Crippen LogP contribution in [0, 0.1) is 0 Å². The predicted molar refractivity (Wildman–Crippen MR) is 114 cm³/mol. The number of hydrogen-bond acceptors (Lipinski definition) is 7. The minimum absolute atomic E-state index is 0.0756. The van der Waals surface area contributed by atoms with Gasteiger partial charge in [-0.05, 0) is 36.4 Å². The van der Waals surface area contributed by atoms with Gasteiger partial charge in [0.25, 0.3) is 0 Å². The van der Waals surface area contributed by atoms with Crippen molar-refractivity contribution in [2.75, 3.05) is 17.2 Å². The highest BCUT2D eigenvalue weighted by molar-refractivity contribution is 7.89. The molecule has 0 aliphatic heterocycles. The van der Waals surface area contributed by atoms with Crippen molar-refractivity contribution in [1.82, 2.24) is 9.97 Å². The van der Waals surface area contributed by atoms with E-state index >= 15 is 0 Å². The molecule has 0 radical (unpaired) electrons. The van der Waals surface area contributed by atoms with Gasteiger partial charge in [-0.1, -0.05) is 11.6 Å². The second-order valence-corrected chi connectivity index (χ2v) is 8.55. The number of aromatic nitrogens is 2. The van der Waals surface area contributed by atoms with Crippen LogP contribution in [0.1, 0.15) is 5.56 Å². The number of halogens is 5.